The van der Waals surface area contributed by atoms with Crippen LogP contribution in [0.1, 0.15) is 5.56 Å². The number of hydrogen-bond acceptors (Lipinski definition) is 5. The maximum absolute atomic E-state index is 12.4. The van der Waals surface area contributed by atoms with Gasteiger partial charge < -0.3 is 5.32 Å². The second kappa shape index (κ2) is 8.77. The zero-order valence-electron chi connectivity index (χ0n) is 14.9. The van der Waals surface area contributed by atoms with Gasteiger partial charge in [0.05, 0.1) is 16.8 Å². The molecule has 0 saturated heterocycles. The molecule has 3 aromatic rings. The molecule has 0 atom stereocenters. The number of sulfonamides is 1. The highest BCUT2D eigenvalue weighted by molar-refractivity contribution is 7.98. The van der Waals surface area contributed by atoms with Gasteiger partial charge in [0.25, 0.3) is 10.0 Å². The summed E-state index contributed by atoms with van der Waals surface area (Å²) in [4.78, 5) is 13.3. The summed E-state index contributed by atoms with van der Waals surface area (Å²) in [6.45, 7) is 0. The molecular formula is C19H18N4O3S2. The van der Waals surface area contributed by atoms with Gasteiger partial charge in [-0.05, 0) is 48.2 Å². The average Bonchev–Trinajstić information content (AvgIpc) is 3.19. The SMILES string of the molecule is CSc1ccc(/C=C/C(=O)Nc2cccc(S(=O)(=O)Nc3cn[nH]c3)c2)cc1. The number of rotatable bonds is 7. The van der Waals surface area contributed by atoms with E-state index >= 15 is 0 Å². The normalized spacial score (nSPS) is 11.5. The number of benzene rings is 2. The summed E-state index contributed by atoms with van der Waals surface area (Å²) in [5.41, 5.74) is 1.60. The molecule has 0 fully saturated rings. The fourth-order valence-electron chi connectivity index (χ4n) is 2.33. The number of H-pyrrole nitrogens is 1. The molecule has 0 aliphatic carbocycles. The number of carbonyl (C=O) groups excluding carboxylic acids is 1. The summed E-state index contributed by atoms with van der Waals surface area (Å²) in [5.74, 6) is -0.355. The number of carbonyl (C=O) groups is 1. The van der Waals surface area contributed by atoms with Crippen molar-refractivity contribution in [3.05, 3.63) is 72.6 Å². The Hall–Kier alpha value is -3.04. The van der Waals surface area contributed by atoms with Gasteiger partial charge in [0, 0.05) is 22.9 Å². The molecule has 28 heavy (non-hydrogen) atoms. The lowest BCUT2D eigenvalue weighted by Gasteiger charge is -2.08. The van der Waals surface area contributed by atoms with E-state index in [-0.39, 0.29) is 10.8 Å². The van der Waals surface area contributed by atoms with Crippen molar-refractivity contribution in [2.45, 2.75) is 9.79 Å². The van der Waals surface area contributed by atoms with Crippen molar-refractivity contribution in [3.8, 4) is 0 Å². The zero-order valence-corrected chi connectivity index (χ0v) is 16.5. The number of anilines is 2. The van der Waals surface area contributed by atoms with Crippen molar-refractivity contribution in [3.63, 3.8) is 0 Å². The maximum atomic E-state index is 12.4. The van der Waals surface area contributed by atoms with Crippen LogP contribution in [0.5, 0.6) is 0 Å². The monoisotopic (exact) mass is 414 g/mol. The molecule has 3 rings (SSSR count). The van der Waals surface area contributed by atoms with Crippen LogP contribution in [0.25, 0.3) is 6.08 Å². The van der Waals surface area contributed by atoms with Gasteiger partial charge in [-0.3, -0.25) is 14.6 Å². The van der Waals surface area contributed by atoms with Crippen LogP contribution in [0.3, 0.4) is 0 Å². The summed E-state index contributed by atoms with van der Waals surface area (Å²) in [5, 5.41) is 8.89. The van der Waals surface area contributed by atoms with E-state index in [9.17, 15) is 13.2 Å². The van der Waals surface area contributed by atoms with Crippen LogP contribution in [-0.4, -0.2) is 30.8 Å². The van der Waals surface area contributed by atoms with Crippen LogP contribution in [0.15, 0.2) is 76.8 Å². The highest BCUT2D eigenvalue weighted by Crippen LogP contribution is 2.19. The lowest BCUT2D eigenvalue weighted by atomic mass is 10.2. The van der Waals surface area contributed by atoms with E-state index in [0.29, 0.717) is 11.4 Å². The van der Waals surface area contributed by atoms with E-state index < -0.39 is 10.0 Å². The Morgan fingerprint density at radius 1 is 1.14 bits per heavy atom. The molecule has 9 heteroatoms. The highest BCUT2D eigenvalue weighted by atomic mass is 32.2. The molecule has 144 valence electrons. The Morgan fingerprint density at radius 3 is 2.61 bits per heavy atom. The summed E-state index contributed by atoms with van der Waals surface area (Å²) >= 11 is 1.65. The van der Waals surface area contributed by atoms with E-state index in [1.165, 1.54) is 30.6 Å². The molecule has 7 nitrogen and oxygen atoms in total. The second-order valence-electron chi connectivity index (χ2n) is 5.72. The topological polar surface area (TPSA) is 104 Å². The minimum Gasteiger partial charge on any atom is -0.322 e. The predicted molar refractivity (Wildman–Crippen MR) is 112 cm³/mol. The number of thioether (sulfide) groups is 1. The second-order valence-corrected chi connectivity index (χ2v) is 8.28. The molecule has 0 unspecified atom stereocenters. The minimum atomic E-state index is -3.78. The van der Waals surface area contributed by atoms with Gasteiger partial charge in [0.15, 0.2) is 0 Å². The lowest BCUT2D eigenvalue weighted by Crippen LogP contribution is -2.13. The number of nitrogens with one attached hydrogen (secondary N) is 3. The van der Waals surface area contributed by atoms with E-state index in [1.54, 1.807) is 30.0 Å². The molecule has 0 saturated carbocycles. The Balaban J connectivity index is 1.68. The summed E-state index contributed by atoms with van der Waals surface area (Å²) < 4.78 is 27.2. The van der Waals surface area contributed by atoms with E-state index in [4.69, 9.17) is 0 Å². The maximum Gasteiger partial charge on any atom is 0.262 e. The first kappa shape index (κ1) is 19.7. The van der Waals surface area contributed by atoms with Crippen LogP contribution in [0.4, 0.5) is 11.4 Å². The molecule has 1 heterocycles. The van der Waals surface area contributed by atoms with Gasteiger partial charge in [-0.1, -0.05) is 18.2 Å². The van der Waals surface area contributed by atoms with Gasteiger partial charge in [-0.2, -0.15) is 5.10 Å². The van der Waals surface area contributed by atoms with Crippen molar-refractivity contribution in [2.24, 2.45) is 0 Å². The average molecular weight is 415 g/mol. The summed E-state index contributed by atoms with van der Waals surface area (Å²) in [7, 11) is -3.78. The smallest absolute Gasteiger partial charge is 0.262 e. The van der Waals surface area contributed by atoms with E-state index in [2.05, 4.69) is 20.2 Å². The Bertz CT molecular complexity index is 1080. The first-order chi connectivity index (χ1) is 13.5. The first-order valence-electron chi connectivity index (χ1n) is 8.21. The molecule has 2 aromatic carbocycles. The van der Waals surface area contributed by atoms with Crippen molar-refractivity contribution < 1.29 is 13.2 Å². The third-order valence-corrected chi connectivity index (χ3v) is 5.83. The highest BCUT2D eigenvalue weighted by Gasteiger charge is 2.15. The molecular weight excluding hydrogens is 396 g/mol. The number of nitrogens with zero attached hydrogens (tertiary/aromatic N) is 1. The summed E-state index contributed by atoms with van der Waals surface area (Å²) in [6.07, 6.45) is 7.89. The molecule has 1 aromatic heterocycles. The summed E-state index contributed by atoms with van der Waals surface area (Å²) in [6, 6.07) is 13.8. The predicted octanol–water partition coefficient (Wildman–Crippen LogP) is 3.58. The quantitative estimate of drug-likeness (QED) is 0.405. The largest absolute Gasteiger partial charge is 0.322 e. The van der Waals surface area contributed by atoms with Gasteiger partial charge in [0.2, 0.25) is 5.91 Å². The zero-order chi connectivity index (χ0) is 20.0. The lowest BCUT2D eigenvalue weighted by molar-refractivity contribution is -0.111. The molecule has 0 radical (unpaired) electrons. The Kier molecular flexibility index (Phi) is 6.17. The number of hydrogen-bond donors (Lipinski definition) is 3. The van der Waals surface area contributed by atoms with Crippen LogP contribution >= 0.6 is 11.8 Å². The van der Waals surface area contributed by atoms with Gasteiger partial charge >= 0.3 is 0 Å². The molecule has 3 N–H and O–H groups in total. The van der Waals surface area contributed by atoms with Crippen molar-refractivity contribution in [1.29, 1.82) is 0 Å². The Labute approximate surface area is 167 Å². The number of aromatic amines is 1. The number of aromatic nitrogens is 2. The molecule has 0 aliphatic heterocycles. The third kappa shape index (κ3) is 5.24. The van der Waals surface area contributed by atoms with Crippen molar-refractivity contribution in [1.82, 2.24) is 10.2 Å². The first-order valence-corrected chi connectivity index (χ1v) is 10.9. The number of amides is 1. The minimum absolute atomic E-state index is 0.0307. The standard InChI is InChI=1S/C19H18N4O3S2/c1-27-17-8-5-14(6-9-17)7-10-19(24)22-15-3-2-4-18(11-15)28(25,26)23-16-12-20-21-13-16/h2-13,23H,1H3,(H,20,21)(H,22,24)/b10-7+. The van der Waals surface area contributed by atoms with Crippen molar-refractivity contribution >= 4 is 45.1 Å². The molecule has 0 bridgehead atoms. The van der Waals surface area contributed by atoms with Crippen molar-refractivity contribution in [2.75, 3.05) is 16.3 Å². The van der Waals surface area contributed by atoms with Gasteiger partial charge in [-0.25, -0.2) is 8.42 Å². The van der Waals surface area contributed by atoms with Crippen LogP contribution in [0.2, 0.25) is 0 Å². The fourth-order valence-corrected chi connectivity index (χ4v) is 3.82. The third-order valence-electron chi connectivity index (χ3n) is 3.71. The van der Waals surface area contributed by atoms with E-state index in [0.717, 1.165) is 10.5 Å². The Morgan fingerprint density at radius 2 is 1.93 bits per heavy atom. The van der Waals surface area contributed by atoms with Crippen LogP contribution < -0.4 is 10.0 Å². The van der Waals surface area contributed by atoms with E-state index in [1.807, 2.05) is 30.5 Å². The van der Waals surface area contributed by atoms with Gasteiger partial charge in [-0.15, -0.1) is 11.8 Å². The molecule has 1 amide bonds. The van der Waals surface area contributed by atoms with Gasteiger partial charge in [0.1, 0.15) is 0 Å². The fraction of sp³-hybridized carbons (Fsp3) is 0.0526. The molecule has 0 aliphatic rings. The van der Waals surface area contributed by atoms with Crippen LogP contribution in [-0.2, 0) is 14.8 Å². The molecule has 0 spiro atoms. The van der Waals surface area contributed by atoms with Crippen LogP contribution in [0, 0.1) is 0 Å².